The Hall–Kier alpha value is -3.41. The standard InChI is InChI=1S/C28H27F3N2O/c1-2-3-4-5-6-7-20-8-10-21(11-9-20)22-12-14-23(15-13-22)26-32-33-27(34-26)24-16-18-25(19-17-24)28(29,30)31/h8-19H,2-7H2,1H3. The fourth-order valence-corrected chi connectivity index (χ4v) is 3.86. The van der Waals surface area contributed by atoms with Gasteiger partial charge in [-0.05, 0) is 65.9 Å². The molecule has 4 rings (SSSR count). The molecular weight excluding hydrogens is 437 g/mol. The number of benzene rings is 3. The number of aromatic nitrogens is 2. The van der Waals surface area contributed by atoms with E-state index in [0.717, 1.165) is 35.2 Å². The van der Waals surface area contributed by atoms with Crippen LogP contribution in [0, 0.1) is 0 Å². The van der Waals surface area contributed by atoms with Gasteiger partial charge in [0.25, 0.3) is 0 Å². The summed E-state index contributed by atoms with van der Waals surface area (Å²) in [7, 11) is 0. The van der Waals surface area contributed by atoms with Gasteiger partial charge in [0, 0.05) is 11.1 Å². The SMILES string of the molecule is CCCCCCCc1ccc(-c2ccc(-c3nnc(-c4ccc(C(F)(F)F)cc4)o3)cc2)cc1. The second kappa shape index (κ2) is 10.7. The molecule has 0 N–H and O–H groups in total. The number of unbranched alkanes of at least 4 members (excludes halogenated alkanes) is 4. The molecule has 34 heavy (non-hydrogen) atoms. The van der Waals surface area contributed by atoms with Gasteiger partial charge in [-0.15, -0.1) is 10.2 Å². The largest absolute Gasteiger partial charge is 0.416 e. The molecule has 0 aliphatic carbocycles. The Morgan fingerprint density at radius 2 is 1.09 bits per heavy atom. The molecule has 6 heteroatoms. The summed E-state index contributed by atoms with van der Waals surface area (Å²) in [5, 5.41) is 8.04. The van der Waals surface area contributed by atoms with Crippen molar-refractivity contribution >= 4 is 0 Å². The Morgan fingerprint density at radius 3 is 1.62 bits per heavy atom. The molecule has 0 bridgehead atoms. The highest BCUT2D eigenvalue weighted by Gasteiger charge is 2.30. The first-order valence-corrected chi connectivity index (χ1v) is 11.6. The van der Waals surface area contributed by atoms with Crippen LogP contribution < -0.4 is 0 Å². The minimum atomic E-state index is -4.38. The number of alkyl halides is 3. The second-order valence-electron chi connectivity index (χ2n) is 8.43. The van der Waals surface area contributed by atoms with Gasteiger partial charge in [0.2, 0.25) is 11.8 Å². The van der Waals surface area contributed by atoms with E-state index in [4.69, 9.17) is 4.42 Å². The van der Waals surface area contributed by atoms with Crippen LogP contribution in [0.2, 0.25) is 0 Å². The molecule has 0 aliphatic rings. The quantitative estimate of drug-likeness (QED) is 0.233. The summed E-state index contributed by atoms with van der Waals surface area (Å²) in [5.74, 6) is 0.498. The molecule has 0 fully saturated rings. The molecule has 0 unspecified atom stereocenters. The van der Waals surface area contributed by atoms with Gasteiger partial charge in [-0.3, -0.25) is 0 Å². The Balaban J connectivity index is 1.40. The van der Waals surface area contributed by atoms with E-state index in [1.165, 1.54) is 49.8 Å². The predicted octanol–water partition coefficient (Wildman–Crippen LogP) is 8.60. The zero-order chi connectivity index (χ0) is 24.0. The molecule has 0 aliphatic heterocycles. The van der Waals surface area contributed by atoms with Crippen molar-refractivity contribution in [2.75, 3.05) is 0 Å². The monoisotopic (exact) mass is 464 g/mol. The van der Waals surface area contributed by atoms with Crippen molar-refractivity contribution in [2.24, 2.45) is 0 Å². The summed E-state index contributed by atoms with van der Waals surface area (Å²) in [6.45, 7) is 2.23. The van der Waals surface area contributed by atoms with E-state index in [0.29, 0.717) is 11.5 Å². The lowest BCUT2D eigenvalue weighted by Gasteiger charge is -2.06. The smallest absolute Gasteiger partial charge is 0.416 e. The third kappa shape index (κ3) is 5.93. The molecule has 0 saturated carbocycles. The summed E-state index contributed by atoms with van der Waals surface area (Å²) < 4.78 is 44.0. The number of nitrogens with zero attached hydrogens (tertiary/aromatic N) is 2. The summed E-state index contributed by atoms with van der Waals surface area (Å²) in [4.78, 5) is 0. The van der Waals surface area contributed by atoms with Gasteiger partial charge in [-0.2, -0.15) is 13.2 Å². The van der Waals surface area contributed by atoms with Crippen LogP contribution >= 0.6 is 0 Å². The van der Waals surface area contributed by atoms with Crippen LogP contribution in [0.25, 0.3) is 34.0 Å². The average Bonchev–Trinajstić information content (AvgIpc) is 3.34. The average molecular weight is 465 g/mol. The van der Waals surface area contributed by atoms with E-state index in [-0.39, 0.29) is 5.89 Å². The van der Waals surface area contributed by atoms with Crippen LogP contribution in [0.4, 0.5) is 13.2 Å². The first-order chi connectivity index (χ1) is 16.4. The Bertz CT molecular complexity index is 1180. The zero-order valence-electron chi connectivity index (χ0n) is 19.1. The van der Waals surface area contributed by atoms with Crippen molar-refractivity contribution < 1.29 is 17.6 Å². The van der Waals surface area contributed by atoms with Crippen molar-refractivity contribution in [3.05, 3.63) is 83.9 Å². The van der Waals surface area contributed by atoms with Crippen molar-refractivity contribution in [1.82, 2.24) is 10.2 Å². The second-order valence-corrected chi connectivity index (χ2v) is 8.43. The number of hydrogen-bond acceptors (Lipinski definition) is 3. The summed E-state index contributed by atoms with van der Waals surface area (Å²) in [6.07, 6.45) is 3.14. The van der Waals surface area contributed by atoms with Crippen LogP contribution in [-0.2, 0) is 12.6 Å². The normalized spacial score (nSPS) is 11.6. The van der Waals surface area contributed by atoms with Gasteiger partial charge in [0.05, 0.1) is 5.56 Å². The van der Waals surface area contributed by atoms with Crippen molar-refractivity contribution in [2.45, 2.75) is 51.6 Å². The fourth-order valence-electron chi connectivity index (χ4n) is 3.86. The molecule has 0 spiro atoms. The van der Waals surface area contributed by atoms with Crippen molar-refractivity contribution in [3.8, 4) is 34.0 Å². The van der Waals surface area contributed by atoms with Crippen LogP contribution in [-0.4, -0.2) is 10.2 Å². The van der Waals surface area contributed by atoms with E-state index in [2.05, 4.69) is 41.4 Å². The molecule has 0 amide bonds. The topological polar surface area (TPSA) is 38.9 Å². The van der Waals surface area contributed by atoms with Gasteiger partial charge < -0.3 is 4.42 Å². The first kappa shape index (κ1) is 23.7. The van der Waals surface area contributed by atoms with E-state index in [1.807, 2.05) is 24.3 Å². The molecule has 3 nitrogen and oxygen atoms in total. The minimum Gasteiger partial charge on any atom is -0.416 e. The highest BCUT2D eigenvalue weighted by Crippen LogP contribution is 2.32. The highest BCUT2D eigenvalue weighted by atomic mass is 19.4. The third-order valence-electron chi connectivity index (χ3n) is 5.87. The van der Waals surface area contributed by atoms with Gasteiger partial charge in [0.15, 0.2) is 0 Å². The molecule has 0 atom stereocenters. The van der Waals surface area contributed by atoms with E-state index < -0.39 is 11.7 Å². The molecule has 0 radical (unpaired) electrons. The van der Waals surface area contributed by atoms with Crippen LogP contribution in [0.15, 0.2) is 77.2 Å². The lowest BCUT2D eigenvalue weighted by atomic mass is 10.00. The van der Waals surface area contributed by atoms with Crippen molar-refractivity contribution in [1.29, 1.82) is 0 Å². The van der Waals surface area contributed by atoms with Crippen LogP contribution in [0.5, 0.6) is 0 Å². The maximum Gasteiger partial charge on any atom is 0.416 e. The predicted molar refractivity (Wildman–Crippen MR) is 128 cm³/mol. The molecule has 0 saturated heterocycles. The van der Waals surface area contributed by atoms with Gasteiger partial charge in [-0.1, -0.05) is 69.0 Å². The van der Waals surface area contributed by atoms with Crippen LogP contribution in [0.1, 0.15) is 50.2 Å². The molecule has 176 valence electrons. The summed E-state index contributed by atoms with van der Waals surface area (Å²) >= 11 is 0. The maximum atomic E-state index is 12.8. The zero-order valence-corrected chi connectivity index (χ0v) is 19.1. The Kier molecular flexibility index (Phi) is 7.46. The molecule has 1 aromatic heterocycles. The molecule has 4 aromatic rings. The Morgan fingerprint density at radius 1 is 0.618 bits per heavy atom. The molecule has 1 heterocycles. The van der Waals surface area contributed by atoms with E-state index >= 15 is 0 Å². The van der Waals surface area contributed by atoms with Gasteiger partial charge >= 0.3 is 6.18 Å². The summed E-state index contributed by atoms with van der Waals surface area (Å²) in [6, 6.07) is 21.1. The first-order valence-electron chi connectivity index (χ1n) is 11.6. The maximum absolute atomic E-state index is 12.8. The van der Waals surface area contributed by atoms with Gasteiger partial charge in [0.1, 0.15) is 0 Å². The highest BCUT2D eigenvalue weighted by molar-refractivity contribution is 5.68. The fraction of sp³-hybridized carbons (Fsp3) is 0.286. The lowest BCUT2D eigenvalue weighted by Crippen LogP contribution is -2.03. The third-order valence-corrected chi connectivity index (χ3v) is 5.87. The minimum absolute atomic E-state index is 0.179. The van der Waals surface area contributed by atoms with E-state index in [1.54, 1.807) is 0 Å². The van der Waals surface area contributed by atoms with Crippen LogP contribution in [0.3, 0.4) is 0 Å². The summed E-state index contributed by atoms with van der Waals surface area (Å²) in [5.41, 5.74) is 4.05. The number of halogens is 3. The Labute approximate surface area is 197 Å². The number of hydrogen-bond donors (Lipinski definition) is 0. The number of rotatable bonds is 9. The van der Waals surface area contributed by atoms with E-state index in [9.17, 15) is 13.2 Å². The number of aryl methyl sites for hydroxylation is 1. The molecule has 3 aromatic carbocycles. The van der Waals surface area contributed by atoms with Gasteiger partial charge in [-0.25, -0.2) is 0 Å². The van der Waals surface area contributed by atoms with Crippen molar-refractivity contribution in [3.63, 3.8) is 0 Å². The lowest BCUT2D eigenvalue weighted by molar-refractivity contribution is -0.137. The molecular formula is C28H27F3N2O.